The average molecular weight is 263 g/mol. The van der Waals surface area contributed by atoms with E-state index in [1.165, 1.54) is 12.1 Å². The van der Waals surface area contributed by atoms with Gasteiger partial charge in [0.15, 0.2) is 0 Å². The molecule has 6 heteroatoms. The highest BCUT2D eigenvalue weighted by Gasteiger charge is 2.22. The first kappa shape index (κ1) is 12.3. The lowest BCUT2D eigenvalue weighted by Crippen LogP contribution is -2.33. The van der Waals surface area contributed by atoms with Crippen molar-refractivity contribution in [3.05, 3.63) is 35.5 Å². The van der Waals surface area contributed by atoms with E-state index in [4.69, 9.17) is 9.26 Å². The molecule has 0 spiro atoms. The fourth-order valence-corrected chi connectivity index (χ4v) is 2.07. The maximum atomic E-state index is 13.4. The minimum atomic E-state index is -0.308. The molecule has 0 radical (unpaired) electrons. The van der Waals surface area contributed by atoms with Gasteiger partial charge in [0.1, 0.15) is 11.9 Å². The summed E-state index contributed by atoms with van der Waals surface area (Å²) in [6, 6.07) is 4.66. The molecule has 0 bridgehead atoms. The van der Waals surface area contributed by atoms with Crippen LogP contribution in [0.3, 0.4) is 0 Å². The molecule has 1 aliphatic rings. The Bertz CT molecular complexity index is 559. The van der Waals surface area contributed by atoms with Gasteiger partial charge in [-0.25, -0.2) is 4.39 Å². The Balaban J connectivity index is 1.87. The van der Waals surface area contributed by atoms with Gasteiger partial charge in [-0.05, 0) is 30.7 Å². The highest BCUT2D eigenvalue weighted by atomic mass is 19.1. The van der Waals surface area contributed by atoms with Gasteiger partial charge in [-0.3, -0.25) is 0 Å². The first-order valence-corrected chi connectivity index (χ1v) is 6.16. The minimum Gasteiger partial charge on any atom is -0.366 e. The second kappa shape index (κ2) is 5.07. The zero-order valence-corrected chi connectivity index (χ0v) is 10.5. The molecule has 19 heavy (non-hydrogen) atoms. The van der Waals surface area contributed by atoms with E-state index >= 15 is 0 Å². The number of hydrogen-bond acceptors (Lipinski definition) is 5. The van der Waals surface area contributed by atoms with Gasteiger partial charge < -0.3 is 14.6 Å². The third-order valence-corrected chi connectivity index (χ3v) is 2.95. The molecule has 5 nitrogen and oxygen atoms in total. The lowest BCUT2D eigenvalue weighted by Gasteiger charge is -2.19. The van der Waals surface area contributed by atoms with Gasteiger partial charge in [0.25, 0.3) is 5.89 Å². The lowest BCUT2D eigenvalue weighted by molar-refractivity contribution is 0.00755. The van der Waals surface area contributed by atoms with Gasteiger partial charge in [-0.1, -0.05) is 5.16 Å². The first-order valence-electron chi connectivity index (χ1n) is 6.16. The molecule has 1 unspecified atom stereocenters. The number of aromatic nitrogens is 2. The molecular formula is C13H14FN3O2. The van der Waals surface area contributed by atoms with Crippen molar-refractivity contribution >= 4 is 0 Å². The van der Waals surface area contributed by atoms with E-state index < -0.39 is 0 Å². The summed E-state index contributed by atoms with van der Waals surface area (Å²) in [5.74, 6) is 0.493. The first-order chi connectivity index (χ1) is 9.22. The van der Waals surface area contributed by atoms with Gasteiger partial charge in [-0.15, -0.1) is 0 Å². The third-order valence-electron chi connectivity index (χ3n) is 2.95. The molecule has 3 rings (SSSR count). The summed E-state index contributed by atoms with van der Waals surface area (Å²) in [6.07, 6.45) is -0.232. The molecular weight excluding hydrogens is 249 g/mol. The van der Waals surface area contributed by atoms with Crippen LogP contribution in [-0.2, 0) is 4.74 Å². The largest absolute Gasteiger partial charge is 0.366 e. The highest BCUT2D eigenvalue weighted by molar-refractivity contribution is 5.55. The van der Waals surface area contributed by atoms with E-state index in [0.29, 0.717) is 30.4 Å². The molecule has 0 amide bonds. The van der Waals surface area contributed by atoms with Crippen LogP contribution in [0.5, 0.6) is 0 Å². The fraction of sp³-hybridized carbons (Fsp3) is 0.385. The lowest BCUT2D eigenvalue weighted by atomic mass is 10.1. The fourth-order valence-electron chi connectivity index (χ4n) is 2.07. The molecule has 0 saturated carbocycles. The topological polar surface area (TPSA) is 60.2 Å². The quantitative estimate of drug-likeness (QED) is 0.896. The maximum absolute atomic E-state index is 13.4. The van der Waals surface area contributed by atoms with Crippen molar-refractivity contribution in [2.75, 3.05) is 19.7 Å². The van der Waals surface area contributed by atoms with Crippen molar-refractivity contribution in [3.8, 4) is 11.4 Å². The third kappa shape index (κ3) is 2.64. The Morgan fingerprint density at radius 1 is 1.37 bits per heavy atom. The molecule has 0 aliphatic carbocycles. The van der Waals surface area contributed by atoms with E-state index in [2.05, 4.69) is 15.5 Å². The normalized spacial score (nSPS) is 19.6. The maximum Gasteiger partial charge on any atom is 0.257 e. The number of hydrogen-bond donors (Lipinski definition) is 1. The Morgan fingerprint density at radius 2 is 2.26 bits per heavy atom. The predicted octanol–water partition coefficient (Wildman–Crippen LogP) is 1.85. The summed E-state index contributed by atoms with van der Waals surface area (Å²) in [6.45, 7) is 3.90. The Labute approximate surface area is 109 Å². The van der Waals surface area contributed by atoms with Crippen LogP contribution in [0.15, 0.2) is 22.7 Å². The molecule has 1 aromatic carbocycles. The summed E-state index contributed by atoms with van der Waals surface area (Å²) in [5, 5.41) is 7.07. The van der Waals surface area contributed by atoms with E-state index in [1.54, 1.807) is 0 Å². The number of benzene rings is 1. The van der Waals surface area contributed by atoms with Gasteiger partial charge in [-0.2, -0.15) is 4.98 Å². The number of ether oxygens (including phenoxy) is 1. The number of morpholine rings is 1. The van der Waals surface area contributed by atoms with Gasteiger partial charge in [0, 0.05) is 18.7 Å². The molecule has 1 N–H and O–H groups in total. The summed E-state index contributed by atoms with van der Waals surface area (Å²) in [5.41, 5.74) is 1.42. The van der Waals surface area contributed by atoms with Crippen LogP contribution >= 0.6 is 0 Å². The standard InChI is InChI=1S/C13H14FN3O2/c1-8-4-9(6-10(14)5-8)12-16-13(19-17-12)11-7-15-2-3-18-11/h4-6,11,15H,2-3,7H2,1H3. The van der Waals surface area contributed by atoms with Crippen molar-refractivity contribution in [1.29, 1.82) is 0 Å². The molecule has 1 fully saturated rings. The summed E-state index contributed by atoms with van der Waals surface area (Å²) < 4.78 is 24.1. The summed E-state index contributed by atoms with van der Waals surface area (Å²) in [7, 11) is 0. The molecule has 1 aromatic heterocycles. The Kier molecular flexibility index (Phi) is 3.27. The van der Waals surface area contributed by atoms with E-state index in [9.17, 15) is 4.39 Å². The molecule has 1 atom stereocenters. The number of aryl methyl sites for hydroxylation is 1. The SMILES string of the molecule is Cc1cc(F)cc(-c2noc(C3CNCCO3)n2)c1. The molecule has 1 aliphatic heterocycles. The Hall–Kier alpha value is -1.79. The van der Waals surface area contributed by atoms with Crippen molar-refractivity contribution in [2.45, 2.75) is 13.0 Å². The van der Waals surface area contributed by atoms with Gasteiger partial charge >= 0.3 is 0 Å². The van der Waals surface area contributed by atoms with E-state index in [1.807, 2.05) is 13.0 Å². The molecule has 2 aromatic rings. The second-order valence-corrected chi connectivity index (χ2v) is 4.54. The zero-order chi connectivity index (χ0) is 13.2. The predicted molar refractivity (Wildman–Crippen MR) is 66.0 cm³/mol. The van der Waals surface area contributed by atoms with Crippen LogP contribution in [0.2, 0.25) is 0 Å². The van der Waals surface area contributed by atoms with E-state index in [0.717, 1.165) is 12.1 Å². The van der Waals surface area contributed by atoms with Gasteiger partial charge in [0.05, 0.1) is 6.61 Å². The molecule has 1 saturated heterocycles. The van der Waals surface area contributed by atoms with Crippen LogP contribution in [0.25, 0.3) is 11.4 Å². The van der Waals surface area contributed by atoms with Crippen molar-refractivity contribution < 1.29 is 13.7 Å². The summed E-state index contributed by atoms with van der Waals surface area (Å²) in [4.78, 5) is 4.28. The molecule has 100 valence electrons. The number of nitrogens with one attached hydrogen (secondary N) is 1. The average Bonchev–Trinajstić information content (AvgIpc) is 2.88. The smallest absolute Gasteiger partial charge is 0.257 e. The number of nitrogens with zero attached hydrogens (tertiary/aromatic N) is 2. The highest BCUT2D eigenvalue weighted by Crippen LogP contribution is 2.23. The van der Waals surface area contributed by atoms with Crippen molar-refractivity contribution in [3.63, 3.8) is 0 Å². The Morgan fingerprint density at radius 3 is 3.00 bits per heavy atom. The van der Waals surface area contributed by atoms with Gasteiger partial charge in [0.2, 0.25) is 5.82 Å². The monoisotopic (exact) mass is 263 g/mol. The zero-order valence-electron chi connectivity index (χ0n) is 10.5. The summed E-state index contributed by atoms with van der Waals surface area (Å²) >= 11 is 0. The molecule has 2 heterocycles. The van der Waals surface area contributed by atoms with Crippen LogP contribution < -0.4 is 5.32 Å². The second-order valence-electron chi connectivity index (χ2n) is 4.54. The number of halogens is 1. The van der Waals surface area contributed by atoms with Crippen LogP contribution in [0, 0.1) is 12.7 Å². The number of rotatable bonds is 2. The van der Waals surface area contributed by atoms with Crippen molar-refractivity contribution in [1.82, 2.24) is 15.5 Å². The van der Waals surface area contributed by atoms with Crippen LogP contribution in [0.4, 0.5) is 4.39 Å². The van der Waals surface area contributed by atoms with E-state index in [-0.39, 0.29) is 11.9 Å². The van der Waals surface area contributed by atoms with Crippen LogP contribution in [-0.4, -0.2) is 29.8 Å². The van der Waals surface area contributed by atoms with Crippen molar-refractivity contribution in [2.24, 2.45) is 0 Å². The van der Waals surface area contributed by atoms with Crippen LogP contribution in [0.1, 0.15) is 17.6 Å². The minimum absolute atomic E-state index is 0.232.